The Morgan fingerprint density at radius 1 is 1.22 bits per heavy atom. The van der Waals surface area contributed by atoms with Crippen LogP contribution >= 0.6 is 0 Å². The molecule has 0 aliphatic heterocycles. The average Bonchev–Trinajstić information content (AvgIpc) is 2.38. The minimum atomic E-state index is -0.565. The number of anilines is 1. The Labute approximate surface area is 107 Å². The van der Waals surface area contributed by atoms with Crippen LogP contribution < -0.4 is 17.2 Å². The lowest BCUT2D eigenvalue weighted by Gasteiger charge is -2.11. The SMILES string of the molecule is NCCCCC(N)C(=O)OCc1ccc(N)cc1. The molecule has 0 bridgehead atoms. The van der Waals surface area contributed by atoms with E-state index in [1.807, 2.05) is 12.1 Å². The zero-order chi connectivity index (χ0) is 13.4. The molecule has 0 spiro atoms. The smallest absolute Gasteiger partial charge is 0.323 e. The van der Waals surface area contributed by atoms with E-state index in [4.69, 9.17) is 21.9 Å². The molecule has 1 atom stereocenters. The molecule has 0 saturated carbocycles. The molecule has 1 aromatic carbocycles. The molecule has 6 N–H and O–H groups in total. The number of benzene rings is 1. The van der Waals surface area contributed by atoms with Gasteiger partial charge in [-0.3, -0.25) is 4.79 Å². The third-order valence-corrected chi connectivity index (χ3v) is 2.63. The van der Waals surface area contributed by atoms with Crippen LogP contribution in [0.15, 0.2) is 24.3 Å². The molecule has 1 unspecified atom stereocenters. The van der Waals surface area contributed by atoms with Crippen molar-refractivity contribution < 1.29 is 9.53 Å². The van der Waals surface area contributed by atoms with E-state index in [0.29, 0.717) is 18.7 Å². The second-order valence-electron chi connectivity index (χ2n) is 4.24. The van der Waals surface area contributed by atoms with E-state index in [9.17, 15) is 4.79 Å². The maximum atomic E-state index is 11.6. The predicted molar refractivity (Wildman–Crippen MR) is 71.5 cm³/mol. The molecule has 0 saturated heterocycles. The Morgan fingerprint density at radius 3 is 2.50 bits per heavy atom. The van der Waals surface area contributed by atoms with Gasteiger partial charge in [-0.25, -0.2) is 0 Å². The van der Waals surface area contributed by atoms with Crippen LogP contribution in [-0.4, -0.2) is 18.6 Å². The molecule has 0 aliphatic carbocycles. The van der Waals surface area contributed by atoms with Crippen molar-refractivity contribution in [3.63, 3.8) is 0 Å². The number of rotatable bonds is 7. The van der Waals surface area contributed by atoms with Gasteiger partial charge in [0, 0.05) is 5.69 Å². The van der Waals surface area contributed by atoms with Crippen molar-refractivity contribution in [1.82, 2.24) is 0 Å². The Hall–Kier alpha value is -1.59. The Morgan fingerprint density at radius 2 is 1.89 bits per heavy atom. The van der Waals surface area contributed by atoms with Gasteiger partial charge in [-0.15, -0.1) is 0 Å². The van der Waals surface area contributed by atoms with Gasteiger partial charge in [-0.1, -0.05) is 18.6 Å². The highest BCUT2D eigenvalue weighted by Gasteiger charge is 2.14. The summed E-state index contributed by atoms with van der Waals surface area (Å²) in [5, 5.41) is 0. The largest absolute Gasteiger partial charge is 0.460 e. The maximum absolute atomic E-state index is 11.6. The van der Waals surface area contributed by atoms with E-state index in [-0.39, 0.29) is 12.6 Å². The molecule has 5 nitrogen and oxygen atoms in total. The zero-order valence-electron chi connectivity index (χ0n) is 10.5. The Kier molecular flexibility index (Phi) is 6.18. The van der Waals surface area contributed by atoms with Crippen molar-refractivity contribution in [3.8, 4) is 0 Å². The van der Waals surface area contributed by atoms with Crippen molar-refractivity contribution >= 4 is 11.7 Å². The second kappa shape index (κ2) is 7.68. The standard InChI is InChI=1S/C13H21N3O2/c14-8-2-1-3-12(16)13(17)18-9-10-4-6-11(15)7-5-10/h4-7,12H,1-3,8-9,14-16H2. The van der Waals surface area contributed by atoms with E-state index < -0.39 is 6.04 Å². The molecular weight excluding hydrogens is 230 g/mol. The van der Waals surface area contributed by atoms with E-state index in [1.54, 1.807) is 12.1 Å². The molecule has 0 radical (unpaired) electrons. The summed E-state index contributed by atoms with van der Waals surface area (Å²) in [7, 11) is 0. The molecule has 18 heavy (non-hydrogen) atoms. The van der Waals surface area contributed by atoms with E-state index >= 15 is 0 Å². The molecule has 0 amide bonds. The van der Waals surface area contributed by atoms with Gasteiger partial charge in [0.05, 0.1) is 0 Å². The summed E-state index contributed by atoms with van der Waals surface area (Å²) in [6.07, 6.45) is 2.32. The van der Waals surface area contributed by atoms with Crippen LogP contribution in [0.1, 0.15) is 24.8 Å². The number of carbonyl (C=O) groups is 1. The monoisotopic (exact) mass is 251 g/mol. The van der Waals surface area contributed by atoms with Crippen LogP contribution in [0.25, 0.3) is 0 Å². The lowest BCUT2D eigenvalue weighted by atomic mass is 10.1. The van der Waals surface area contributed by atoms with Crippen molar-refractivity contribution in [3.05, 3.63) is 29.8 Å². The number of nitrogen functional groups attached to an aromatic ring is 1. The van der Waals surface area contributed by atoms with Crippen molar-refractivity contribution in [2.24, 2.45) is 11.5 Å². The summed E-state index contributed by atoms with van der Waals surface area (Å²) in [6.45, 7) is 0.844. The summed E-state index contributed by atoms with van der Waals surface area (Å²) in [6, 6.07) is 6.62. The number of hydrogen-bond donors (Lipinski definition) is 3. The van der Waals surface area contributed by atoms with Gasteiger partial charge in [0.15, 0.2) is 0 Å². The summed E-state index contributed by atoms with van der Waals surface area (Å²) in [4.78, 5) is 11.6. The fraction of sp³-hybridized carbons (Fsp3) is 0.462. The quantitative estimate of drug-likeness (QED) is 0.377. The lowest BCUT2D eigenvalue weighted by Crippen LogP contribution is -2.32. The number of nitrogens with two attached hydrogens (primary N) is 3. The average molecular weight is 251 g/mol. The Bertz CT molecular complexity index is 365. The van der Waals surface area contributed by atoms with E-state index in [0.717, 1.165) is 18.4 Å². The van der Waals surface area contributed by atoms with Crippen LogP contribution in [0, 0.1) is 0 Å². The van der Waals surface area contributed by atoms with Gasteiger partial charge in [0.2, 0.25) is 0 Å². The van der Waals surface area contributed by atoms with Gasteiger partial charge in [0.25, 0.3) is 0 Å². The highest BCUT2D eigenvalue weighted by atomic mass is 16.5. The Balaban J connectivity index is 2.29. The molecule has 0 heterocycles. The summed E-state index contributed by atoms with van der Waals surface area (Å²) in [5.74, 6) is -0.371. The number of esters is 1. The number of carbonyl (C=O) groups excluding carboxylic acids is 1. The molecule has 0 aromatic heterocycles. The first-order chi connectivity index (χ1) is 8.63. The molecular formula is C13H21N3O2. The van der Waals surface area contributed by atoms with Gasteiger partial charge in [-0.2, -0.15) is 0 Å². The zero-order valence-corrected chi connectivity index (χ0v) is 10.5. The highest BCUT2D eigenvalue weighted by molar-refractivity contribution is 5.75. The van der Waals surface area contributed by atoms with E-state index in [2.05, 4.69) is 0 Å². The van der Waals surface area contributed by atoms with Gasteiger partial charge in [-0.05, 0) is 37.1 Å². The fourth-order valence-corrected chi connectivity index (χ4v) is 1.50. The van der Waals surface area contributed by atoms with Crippen LogP contribution in [0.3, 0.4) is 0 Å². The first-order valence-corrected chi connectivity index (χ1v) is 6.10. The van der Waals surface area contributed by atoms with Crippen LogP contribution in [0.5, 0.6) is 0 Å². The highest BCUT2D eigenvalue weighted by Crippen LogP contribution is 2.08. The first-order valence-electron chi connectivity index (χ1n) is 6.10. The maximum Gasteiger partial charge on any atom is 0.323 e. The fourth-order valence-electron chi connectivity index (χ4n) is 1.50. The molecule has 0 aliphatic rings. The number of unbranched alkanes of at least 4 members (excludes halogenated alkanes) is 1. The van der Waals surface area contributed by atoms with Crippen LogP contribution in [-0.2, 0) is 16.1 Å². The van der Waals surface area contributed by atoms with E-state index in [1.165, 1.54) is 0 Å². The molecule has 1 aromatic rings. The van der Waals surface area contributed by atoms with Crippen molar-refractivity contribution in [1.29, 1.82) is 0 Å². The minimum absolute atomic E-state index is 0.226. The molecule has 1 rings (SSSR count). The van der Waals surface area contributed by atoms with Gasteiger partial charge in [0.1, 0.15) is 12.6 Å². The van der Waals surface area contributed by atoms with Crippen molar-refractivity contribution in [2.75, 3.05) is 12.3 Å². The summed E-state index contributed by atoms with van der Waals surface area (Å²) < 4.78 is 5.12. The number of hydrogen-bond acceptors (Lipinski definition) is 5. The lowest BCUT2D eigenvalue weighted by molar-refractivity contribution is -0.146. The van der Waals surface area contributed by atoms with Crippen molar-refractivity contribution in [2.45, 2.75) is 31.9 Å². The summed E-state index contributed by atoms with van der Waals surface area (Å²) in [5.41, 5.74) is 18.2. The third kappa shape index (κ3) is 5.16. The molecule has 100 valence electrons. The normalized spacial score (nSPS) is 12.1. The predicted octanol–water partition coefficient (Wildman–Crippen LogP) is 0.768. The third-order valence-electron chi connectivity index (χ3n) is 2.63. The summed E-state index contributed by atoms with van der Waals surface area (Å²) >= 11 is 0. The molecule has 0 fully saturated rings. The minimum Gasteiger partial charge on any atom is -0.460 e. The van der Waals surface area contributed by atoms with Gasteiger partial charge < -0.3 is 21.9 Å². The van der Waals surface area contributed by atoms with Crippen LogP contribution in [0.4, 0.5) is 5.69 Å². The second-order valence-corrected chi connectivity index (χ2v) is 4.24. The topological polar surface area (TPSA) is 104 Å². The molecule has 5 heteroatoms. The number of ether oxygens (including phenoxy) is 1. The first kappa shape index (κ1) is 14.5. The van der Waals surface area contributed by atoms with Crippen LogP contribution in [0.2, 0.25) is 0 Å². The van der Waals surface area contributed by atoms with Gasteiger partial charge >= 0.3 is 5.97 Å².